The molecule has 0 saturated heterocycles. The first-order valence-corrected chi connectivity index (χ1v) is 7.32. The number of fused-ring (bicyclic) bond motifs is 1. The van der Waals surface area contributed by atoms with Gasteiger partial charge >= 0.3 is 5.97 Å². The van der Waals surface area contributed by atoms with E-state index in [9.17, 15) is 14.4 Å². The number of anilines is 1. The summed E-state index contributed by atoms with van der Waals surface area (Å²) in [5, 5.41) is 0. The zero-order valence-electron chi connectivity index (χ0n) is 13.3. The molecule has 1 amide bonds. The van der Waals surface area contributed by atoms with Crippen molar-refractivity contribution in [1.29, 1.82) is 0 Å². The molecule has 0 spiro atoms. The molecular weight excluding hydrogens is 302 g/mol. The van der Waals surface area contributed by atoms with Gasteiger partial charge in [-0.05, 0) is 26.0 Å². The lowest BCUT2D eigenvalue weighted by atomic mass is 10.1. The first kappa shape index (κ1) is 16.8. The Labute approximate surface area is 134 Å². The lowest BCUT2D eigenvalue weighted by Crippen LogP contribution is -2.45. The lowest BCUT2D eigenvalue weighted by Gasteiger charge is -2.33. The van der Waals surface area contributed by atoms with Crippen LogP contribution in [-0.4, -0.2) is 44.5 Å². The number of hydrogen-bond acceptors (Lipinski definition) is 6. The molecule has 0 bridgehead atoms. The van der Waals surface area contributed by atoms with Crippen LogP contribution in [0.3, 0.4) is 0 Å². The minimum atomic E-state index is -0.708. The lowest BCUT2D eigenvalue weighted by molar-refractivity contribution is -0.142. The van der Waals surface area contributed by atoms with Gasteiger partial charge in [-0.2, -0.15) is 0 Å². The summed E-state index contributed by atoms with van der Waals surface area (Å²) in [6, 6.07) is 3.08. The number of methoxy groups -OCH3 is 1. The number of carbonyl (C=O) groups excluding carboxylic acids is 3. The minimum Gasteiger partial charge on any atom is -0.493 e. The van der Waals surface area contributed by atoms with Crippen molar-refractivity contribution in [3.8, 4) is 11.5 Å². The van der Waals surface area contributed by atoms with Crippen LogP contribution in [0.1, 0.15) is 30.6 Å². The Morgan fingerprint density at radius 3 is 2.78 bits per heavy atom. The standard InChI is InChI=1S/C16H19NO6/c1-4-22-14(19)5-6-17-12-7-11(9-18)8-13(21-3)15(12)23-10(2)16(17)20/h7-10H,4-6H2,1-3H3. The third-order valence-corrected chi connectivity index (χ3v) is 3.46. The van der Waals surface area contributed by atoms with Crippen molar-refractivity contribution in [3.63, 3.8) is 0 Å². The van der Waals surface area contributed by atoms with Gasteiger partial charge in [0, 0.05) is 12.1 Å². The molecule has 0 fully saturated rings. The molecule has 0 aromatic heterocycles. The van der Waals surface area contributed by atoms with Gasteiger partial charge in [0.05, 0.1) is 25.8 Å². The molecular formula is C16H19NO6. The molecule has 1 unspecified atom stereocenters. The van der Waals surface area contributed by atoms with Gasteiger partial charge in [-0.15, -0.1) is 0 Å². The summed E-state index contributed by atoms with van der Waals surface area (Å²) >= 11 is 0. The molecule has 1 aromatic rings. The van der Waals surface area contributed by atoms with Crippen molar-refractivity contribution in [3.05, 3.63) is 17.7 Å². The van der Waals surface area contributed by atoms with Crippen molar-refractivity contribution < 1.29 is 28.6 Å². The Hall–Kier alpha value is -2.57. The molecule has 124 valence electrons. The average molecular weight is 321 g/mol. The van der Waals surface area contributed by atoms with Gasteiger partial charge in [-0.1, -0.05) is 0 Å². The number of aldehydes is 1. The Balaban J connectivity index is 2.37. The number of amides is 1. The number of nitrogens with zero attached hydrogens (tertiary/aromatic N) is 1. The number of benzene rings is 1. The number of hydrogen-bond donors (Lipinski definition) is 0. The quantitative estimate of drug-likeness (QED) is 0.584. The normalized spacial score (nSPS) is 16.4. The maximum atomic E-state index is 12.4. The van der Waals surface area contributed by atoms with Crippen molar-refractivity contribution in [1.82, 2.24) is 0 Å². The van der Waals surface area contributed by atoms with E-state index in [0.29, 0.717) is 29.0 Å². The van der Waals surface area contributed by atoms with Crippen LogP contribution in [0.15, 0.2) is 12.1 Å². The molecule has 0 saturated carbocycles. The second kappa shape index (κ2) is 7.13. The number of esters is 1. The average Bonchev–Trinajstić information content (AvgIpc) is 2.54. The number of ether oxygens (including phenoxy) is 3. The maximum Gasteiger partial charge on any atom is 0.307 e. The van der Waals surface area contributed by atoms with Gasteiger partial charge in [0.15, 0.2) is 17.6 Å². The summed E-state index contributed by atoms with van der Waals surface area (Å²) in [7, 11) is 1.46. The van der Waals surface area contributed by atoms with Gasteiger partial charge in [0.1, 0.15) is 6.29 Å². The van der Waals surface area contributed by atoms with Crippen LogP contribution in [0.5, 0.6) is 11.5 Å². The highest BCUT2D eigenvalue weighted by Gasteiger charge is 2.34. The number of rotatable bonds is 6. The van der Waals surface area contributed by atoms with Gasteiger partial charge in [-0.3, -0.25) is 14.4 Å². The van der Waals surface area contributed by atoms with E-state index in [2.05, 4.69) is 0 Å². The fourth-order valence-electron chi connectivity index (χ4n) is 2.38. The molecule has 1 aromatic carbocycles. The first-order chi connectivity index (χ1) is 11.0. The predicted molar refractivity (Wildman–Crippen MR) is 82.1 cm³/mol. The van der Waals surface area contributed by atoms with Crippen LogP contribution in [0, 0.1) is 0 Å². The summed E-state index contributed by atoms with van der Waals surface area (Å²) in [5.41, 5.74) is 0.770. The van der Waals surface area contributed by atoms with Crippen LogP contribution in [0.4, 0.5) is 5.69 Å². The monoisotopic (exact) mass is 321 g/mol. The second-order valence-corrected chi connectivity index (χ2v) is 4.99. The highest BCUT2D eigenvalue weighted by molar-refractivity contribution is 6.01. The highest BCUT2D eigenvalue weighted by atomic mass is 16.5. The smallest absolute Gasteiger partial charge is 0.307 e. The Bertz CT molecular complexity index is 627. The molecule has 1 heterocycles. The van der Waals surface area contributed by atoms with E-state index < -0.39 is 6.10 Å². The molecule has 23 heavy (non-hydrogen) atoms. The highest BCUT2D eigenvalue weighted by Crippen LogP contribution is 2.42. The topological polar surface area (TPSA) is 82.1 Å². The van der Waals surface area contributed by atoms with Crippen LogP contribution in [0.25, 0.3) is 0 Å². The molecule has 1 aliphatic heterocycles. The molecule has 7 nitrogen and oxygen atoms in total. The molecule has 0 radical (unpaired) electrons. The van der Waals surface area contributed by atoms with Crippen molar-refractivity contribution >= 4 is 23.9 Å². The third kappa shape index (κ3) is 3.44. The van der Waals surface area contributed by atoms with E-state index in [-0.39, 0.29) is 31.4 Å². The van der Waals surface area contributed by atoms with Crippen molar-refractivity contribution in [2.24, 2.45) is 0 Å². The Morgan fingerprint density at radius 2 is 2.17 bits per heavy atom. The molecule has 2 rings (SSSR count). The summed E-state index contributed by atoms with van der Waals surface area (Å²) in [6.07, 6.45) is 0.00877. The van der Waals surface area contributed by atoms with E-state index in [0.717, 1.165) is 0 Å². The van der Waals surface area contributed by atoms with E-state index >= 15 is 0 Å². The van der Waals surface area contributed by atoms with Crippen LogP contribution in [0.2, 0.25) is 0 Å². The summed E-state index contributed by atoms with van der Waals surface area (Å²) in [4.78, 5) is 36.5. The second-order valence-electron chi connectivity index (χ2n) is 4.99. The van der Waals surface area contributed by atoms with Crippen molar-refractivity contribution in [2.45, 2.75) is 26.4 Å². The van der Waals surface area contributed by atoms with Gasteiger partial charge in [0.2, 0.25) is 0 Å². The molecule has 1 atom stereocenters. The van der Waals surface area contributed by atoms with E-state index in [1.165, 1.54) is 18.1 Å². The van der Waals surface area contributed by atoms with Gasteiger partial charge < -0.3 is 19.1 Å². The Kier molecular flexibility index (Phi) is 5.20. The molecule has 1 aliphatic rings. The number of carbonyl (C=O) groups is 3. The maximum absolute atomic E-state index is 12.4. The summed E-state index contributed by atoms with van der Waals surface area (Å²) in [6.45, 7) is 3.77. The van der Waals surface area contributed by atoms with E-state index in [4.69, 9.17) is 14.2 Å². The predicted octanol–water partition coefficient (Wildman–Crippen LogP) is 1.57. The van der Waals surface area contributed by atoms with Gasteiger partial charge in [0.25, 0.3) is 5.91 Å². The largest absolute Gasteiger partial charge is 0.493 e. The molecule has 7 heteroatoms. The van der Waals surface area contributed by atoms with Crippen molar-refractivity contribution in [2.75, 3.05) is 25.2 Å². The van der Waals surface area contributed by atoms with E-state index in [1.54, 1.807) is 19.9 Å². The zero-order chi connectivity index (χ0) is 17.0. The Morgan fingerprint density at radius 1 is 1.43 bits per heavy atom. The molecule has 0 N–H and O–H groups in total. The van der Waals surface area contributed by atoms with Crippen LogP contribution >= 0.6 is 0 Å². The fourth-order valence-corrected chi connectivity index (χ4v) is 2.38. The molecule has 0 aliphatic carbocycles. The third-order valence-electron chi connectivity index (χ3n) is 3.46. The summed E-state index contributed by atoms with van der Waals surface area (Å²) in [5.74, 6) is 0.0746. The zero-order valence-corrected chi connectivity index (χ0v) is 13.3. The van der Waals surface area contributed by atoms with Gasteiger partial charge in [-0.25, -0.2) is 0 Å². The van der Waals surface area contributed by atoms with Crippen LogP contribution in [-0.2, 0) is 14.3 Å². The van der Waals surface area contributed by atoms with Crippen LogP contribution < -0.4 is 14.4 Å². The van der Waals surface area contributed by atoms with E-state index in [1.807, 2.05) is 0 Å². The fraction of sp³-hybridized carbons (Fsp3) is 0.438. The first-order valence-electron chi connectivity index (χ1n) is 7.32. The summed E-state index contributed by atoms with van der Waals surface area (Å²) < 4.78 is 15.7. The SMILES string of the molecule is CCOC(=O)CCN1C(=O)C(C)Oc2c(OC)cc(C=O)cc21. The minimum absolute atomic E-state index is 0.0549.